The molecule has 1 aliphatic rings. The third-order valence-electron chi connectivity index (χ3n) is 4.58. The molecule has 2 aromatic carbocycles. The predicted octanol–water partition coefficient (Wildman–Crippen LogP) is 0.466. The number of carboxylic acids is 1. The van der Waals surface area contributed by atoms with Crippen molar-refractivity contribution < 1.29 is 53.2 Å². The summed E-state index contributed by atoms with van der Waals surface area (Å²) < 4.78 is 89.4. The van der Waals surface area contributed by atoms with Crippen LogP contribution in [-0.2, 0) is 44.1 Å². The zero-order valence-corrected chi connectivity index (χ0v) is 20.6. The van der Waals surface area contributed by atoms with Crippen LogP contribution in [0.15, 0.2) is 73.7 Å². The number of rotatable bonds is 10. The first kappa shape index (κ1) is 28.0. The Hall–Kier alpha value is -3.62. The molecule has 3 rings (SSSR count). The van der Waals surface area contributed by atoms with Crippen LogP contribution in [-0.4, -0.2) is 75.5 Å². The Labute approximate surface area is 209 Å². The summed E-state index contributed by atoms with van der Waals surface area (Å²) in [6.45, 7) is -0.821. The summed E-state index contributed by atoms with van der Waals surface area (Å²) in [6.07, 6.45) is 0. The summed E-state index contributed by atoms with van der Waals surface area (Å²) >= 11 is 0. The second-order valence-corrected chi connectivity index (χ2v) is 11.7. The van der Waals surface area contributed by atoms with Crippen molar-refractivity contribution in [2.45, 2.75) is 15.8 Å². The monoisotopic (exact) mass is 576 g/mol. The van der Waals surface area contributed by atoms with E-state index in [4.69, 9.17) is 9.11 Å². The maximum atomic E-state index is 12.8. The van der Waals surface area contributed by atoms with E-state index in [1.807, 2.05) is 0 Å². The van der Waals surface area contributed by atoms with Gasteiger partial charge in [-0.3, -0.25) is 13.9 Å². The number of carbonyl (C=O) groups excluding carboxylic acids is 1. The summed E-state index contributed by atoms with van der Waals surface area (Å²) in [6, 6.07) is 7.07. The normalized spacial score (nSPS) is 16.8. The van der Waals surface area contributed by atoms with E-state index in [2.05, 4.69) is 19.5 Å². The molecule has 0 saturated heterocycles. The van der Waals surface area contributed by atoms with Crippen LogP contribution in [0.3, 0.4) is 0 Å². The number of amides is 1. The van der Waals surface area contributed by atoms with Crippen molar-refractivity contribution in [3.05, 3.63) is 48.5 Å². The Balaban J connectivity index is 1.77. The quantitative estimate of drug-likeness (QED) is 0.258. The summed E-state index contributed by atoms with van der Waals surface area (Å²) in [4.78, 5) is 23.6. The largest absolute Gasteiger partial charge is 0.477 e. The highest BCUT2D eigenvalue weighted by Gasteiger charge is 2.41. The number of anilines is 1. The fraction of sp³-hybridized carbons (Fsp3) is 0.167. The molecule has 1 aliphatic heterocycles. The number of hydrazone groups is 1. The molecule has 1 heterocycles. The van der Waals surface area contributed by atoms with E-state index in [1.165, 1.54) is 12.1 Å². The lowest BCUT2D eigenvalue weighted by atomic mass is 10.2. The van der Waals surface area contributed by atoms with E-state index in [9.17, 15) is 39.9 Å². The van der Waals surface area contributed by atoms with Crippen LogP contribution in [0.2, 0.25) is 0 Å². The summed E-state index contributed by atoms with van der Waals surface area (Å²) in [5.41, 5.74) is -0.673. The van der Waals surface area contributed by atoms with Crippen LogP contribution >= 0.6 is 0 Å². The Bertz CT molecular complexity index is 1600. The average Bonchev–Trinajstić information content (AvgIpc) is 3.13. The molecule has 19 heteroatoms. The molecule has 198 valence electrons. The molecular formula is C18H16N4O12S3. The van der Waals surface area contributed by atoms with Gasteiger partial charge in [-0.15, -0.1) is 0 Å². The zero-order chi connectivity index (χ0) is 27.6. The molecule has 1 amide bonds. The van der Waals surface area contributed by atoms with Gasteiger partial charge in [-0.2, -0.15) is 37.2 Å². The third kappa shape index (κ3) is 6.99. The van der Waals surface area contributed by atoms with Gasteiger partial charge >= 0.3 is 16.4 Å². The molecule has 0 bridgehead atoms. The highest BCUT2D eigenvalue weighted by molar-refractivity contribution is 7.91. The molecular weight excluding hydrogens is 560 g/mol. The number of benzene rings is 2. The Morgan fingerprint density at radius 1 is 0.946 bits per heavy atom. The fourth-order valence-corrected chi connectivity index (χ4v) is 4.83. The minimum absolute atomic E-state index is 0.0126. The summed E-state index contributed by atoms with van der Waals surface area (Å²) in [5.74, 6) is -3.27. The van der Waals surface area contributed by atoms with Gasteiger partial charge in [-0.25, -0.2) is 17.4 Å². The number of aliphatic carboxylic acids is 1. The van der Waals surface area contributed by atoms with Gasteiger partial charge in [-0.05, 0) is 48.5 Å². The first-order chi connectivity index (χ1) is 17.1. The summed E-state index contributed by atoms with van der Waals surface area (Å²) in [7, 11) is -13.3. The van der Waals surface area contributed by atoms with Crippen LogP contribution in [0, 0.1) is 0 Å². The number of carbonyl (C=O) groups is 2. The minimum atomic E-state index is -4.80. The summed E-state index contributed by atoms with van der Waals surface area (Å²) in [5, 5.41) is 21.2. The lowest BCUT2D eigenvalue weighted by Gasteiger charge is -2.12. The molecule has 2 aromatic rings. The molecule has 0 spiro atoms. The molecule has 0 radical (unpaired) electrons. The second kappa shape index (κ2) is 10.4. The topological polar surface area (TPSA) is 247 Å². The van der Waals surface area contributed by atoms with E-state index < -0.39 is 71.2 Å². The number of hydrogen-bond acceptors (Lipinski definition) is 12. The molecule has 1 unspecified atom stereocenters. The van der Waals surface area contributed by atoms with E-state index >= 15 is 0 Å². The van der Waals surface area contributed by atoms with E-state index in [0.717, 1.165) is 36.4 Å². The Morgan fingerprint density at radius 2 is 1.51 bits per heavy atom. The molecule has 37 heavy (non-hydrogen) atoms. The van der Waals surface area contributed by atoms with Gasteiger partial charge in [0, 0.05) is 0 Å². The zero-order valence-electron chi connectivity index (χ0n) is 18.1. The Kier molecular flexibility index (Phi) is 7.86. The molecule has 0 fully saturated rings. The third-order valence-corrected chi connectivity index (χ3v) is 7.60. The molecule has 16 nitrogen and oxygen atoms in total. The standard InChI is InChI=1S/C18H16N4O12S3/c23-17-15(16(18(24)25)21-22(17)12-3-7-14(8-4-12)36(28,29)30)20-19-11-1-5-13(6-2-11)35(26,27)10-9-34-37(31,32)33/h1-8,15H,9-10H2,(H,24,25)(H,28,29,30)(H,31,32,33). The maximum Gasteiger partial charge on any atom is 0.397 e. The van der Waals surface area contributed by atoms with Crippen molar-refractivity contribution in [1.29, 1.82) is 0 Å². The van der Waals surface area contributed by atoms with Crippen molar-refractivity contribution in [1.82, 2.24) is 0 Å². The van der Waals surface area contributed by atoms with Gasteiger partial charge in [-0.1, -0.05) is 0 Å². The van der Waals surface area contributed by atoms with Crippen LogP contribution in [0.5, 0.6) is 0 Å². The van der Waals surface area contributed by atoms with Crippen molar-refractivity contribution in [2.75, 3.05) is 17.4 Å². The molecule has 3 N–H and O–H groups in total. The van der Waals surface area contributed by atoms with E-state index in [1.54, 1.807) is 0 Å². The van der Waals surface area contributed by atoms with E-state index in [-0.39, 0.29) is 16.3 Å². The highest BCUT2D eigenvalue weighted by atomic mass is 32.3. The van der Waals surface area contributed by atoms with Gasteiger partial charge in [0.2, 0.25) is 6.04 Å². The maximum absolute atomic E-state index is 12.8. The molecule has 0 aromatic heterocycles. The fourth-order valence-electron chi connectivity index (χ4n) is 2.86. The van der Waals surface area contributed by atoms with Crippen LogP contribution < -0.4 is 5.01 Å². The lowest BCUT2D eigenvalue weighted by Crippen LogP contribution is -2.33. The highest BCUT2D eigenvalue weighted by Crippen LogP contribution is 2.25. The second-order valence-electron chi connectivity index (χ2n) is 7.09. The van der Waals surface area contributed by atoms with Crippen molar-refractivity contribution in [3.63, 3.8) is 0 Å². The van der Waals surface area contributed by atoms with Gasteiger partial charge in [0.25, 0.3) is 16.0 Å². The van der Waals surface area contributed by atoms with Crippen molar-refractivity contribution in [3.8, 4) is 0 Å². The number of nitrogens with zero attached hydrogens (tertiary/aromatic N) is 4. The van der Waals surface area contributed by atoms with Gasteiger partial charge in [0.1, 0.15) is 0 Å². The average molecular weight is 577 g/mol. The molecule has 1 atom stereocenters. The SMILES string of the molecule is O=C(O)C1=NN(c2ccc(S(=O)(=O)O)cc2)C(=O)C1N=Nc1ccc(S(=O)(=O)CCOS(=O)(=O)O)cc1. The minimum Gasteiger partial charge on any atom is -0.477 e. The molecule has 0 saturated carbocycles. The smallest absolute Gasteiger partial charge is 0.397 e. The first-order valence-corrected chi connectivity index (χ1v) is 14.1. The van der Waals surface area contributed by atoms with Crippen LogP contribution in [0.1, 0.15) is 0 Å². The van der Waals surface area contributed by atoms with Crippen molar-refractivity contribution in [2.24, 2.45) is 15.3 Å². The lowest BCUT2D eigenvalue weighted by molar-refractivity contribution is -0.130. The van der Waals surface area contributed by atoms with E-state index in [0.29, 0.717) is 5.01 Å². The number of sulfone groups is 1. The van der Waals surface area contributed by atoms with Crippen molar-refractivity contribution >= 4 is 59.3 Å². The molecule has 0 aliphatic carbocycles. The van der Waals surface area contributed by atoms with Gasteiger partial charge in [0.15, 0.2) is 15.5 Å². The Morgan fingerprint density at radius 3 is 2.03 bits per heavy atom. The predicted molar refractivity (Wildman–Crippen MR) is 123 cm³/mol. The first-order valence-electron chi connectivity index (χ1n) is 9.67. The number of carboxylic acid groups (broad SMARTS) is 1. The number of hydrogen-bond donors (Lipinski definition) is 3. The van der Waals surface area contributed by atoms with Crippen LogP contribution in [0.25, 0.3) is 0 Å². The number of azo groups is 1. The van der Waals surface area contributed by atoms with Crippen LogP contribution in [0.4, 0.5) is 11.4 Å². The van der Waals surface area contributed by atoms with Gasteiger partial charge in [0.05, 0.1) is 33.5 Å². The van der Waals surface area contributed by atoms with Gasteiger partial charge < -0.3 is 5.11 Å².